The number of nitrogens with zero attached hydrogens (tertiary/aromatic N) is 3. The van der Waals surface area contributed by atoms with Crippen molar-refractivity contribution in [1.29, 1.82) is 0 Å². The molecule has 0 radical (unpaired) electrons. The molecule has 0 aliphatic rings. The van der Waals surface area contributed by atoms with Crippen molar-refractivity contribution in [3.63, 3.8) is 0 Å². The van der Waals surface area contributed by atoms with Crippen LogP contribution in [0.15, 0.2) is 79.3 Å². The molecule has 0 spiro atoms. The molecule has 2 heterocycles. The number of hydrogen-bond acceptors (Lipinski definition) is 3. The van der Waals surface area contributed by atoms with Gasteiger partial charge in [0.2, 0.25) is 0 Å². The van der Waals surface area contributed by atoms with Crippen molar-refractivity contribution in [2.75, 3.05) is 5.32 Å². The first-order valence-corrected chi connectivity index (χ1v) is 10.7. The highest BCUT2D eigenvalue weighted by atomic mass is 19.1. The van der Waals surface area contributed by atoms with E-state index in [0.29, 0.717) is 5.69 Å². The molecule has 0 aliphatic heterocycles. The molecule has 6 nitrogen and oxygen atoms in total. The highest BCUT2D eigenvalue weighted by Gasteiger charge is 2.16. The van der Waals surface area contributed by atoms with E-state index in [1.807, 2.05) is 54.8 Å². The fraction of sp³-hybridized carbons (Fsp3) is 0.115. The van der Waals surface area contributed by atoms with Crippen molar-refractivity contribution >= 4 is 22.6 Å². The molecule has 5 rings (SSSR count). The van der Waals surface area contributed by atoms with E-state index in [-0.39, 0.29) is 11.6 Å². The average Bonchev–Trinajstić information content (AvgIpc) is 3.47. The maximum Gasteiger partial charge on any atom is 0.258 e. The van der Waals surface area contributed by atoms with E-state index in [1.54, 1.807) is 36.8 Å². The van der Waals surface area contributed by atoms with Gasteiger partial charge in [0.1, 0.15) is 11.6 Å². The summed E-state index contributed by atoms with van der Waals surface area (Å²) in [5.41, 5.74) is 4.84. The SMILES string of the molecule is CC(C)n1cncc1-c1ccc(F)c(C(=O)Nc2ccc(-c3nc4ccccc4[nH]3)cc2)c1. The number of carbonyl (C=O) groups excluding carboxylic acids is 1. The molecule has 0 bridgehead atoms. The molecule has 0 atom stereocenters. The van der Waals surface area contributed by atoms with Crippen molar-refractivity contribution in [2.45, 2.75) is 19.9 Å². The molecule has 0 saturated heterocycles. The van der Waals surface area contributed by atoms with Gasteiger partial charge in [0.15, 0.2) is 0 Å². The minimum absolute atomic E-state index is 0.0228. The van der Waals surface area contributed by atoms with Gasteiger partial charge in [0.05, 0.1) is 34.8 Å². The molecule has 2 aromatic heterocycles. The average molecular weight is 439 g/mol. The van der Waals surface area contributed by atoms with Crippen LogP contribution in [0.3, 0.4) is 0 Å². The van der Waals surface area contributed by atoms with Crippen molar-refractivity contribution < 1.29 is 9.18 Å². The predicted molar refractivity (Wildman–Crippen MR) is 127 cm³/mol. The van der Waals surface area contributed by atoms with Gasteiger partial charge in [0.25, 0.3) is 5.91 Å². The number of imidazole rings is 2. The summed E-state index contributed by atoms with van der Waals surface area (Å²) in [6, 6.07) is 19.8. The lowest BCUT2D eigenvalue weighted by atomic mass is 10.1. The predicted octanol–water partition coefficient (Wildman–Crippen LogP) is 6.07. The van der Waals surface area contributed by atoms with Crippen molar-refractivity contribution in [2.24, 2.45) is 0 Å². The van der Waals surface area contributed by atoms with E-state index < -0.39 is 11.7 Å². The second-order valence-electron chi connectivity index (χ2n) is 8.11. The molecule has 0 saturated carbocycles. The molecular weight excluding hydrogens is 417 g/mol. The standard InChI is InChI=1S/C26H22FN5O/c1-16(2)32-15-28-14-24(32)18-9-12-21(27)20(13-18)26(33)29-19-10-7-17(8-11-19)25-30-22-5-3-4-6-23(22)31-25/h3-16H,1-2H3,(H,29,33)(H,30,31). The van der Waals surface area contributed by atoms with E-state index >= 15 is 0 Å². The van der Waals surface area contributed by atoms with Crippen LogP contribution in [0.25, 0.3) is 33.7 Å². The third kappa shape index (κ3) is 4.01. The van der Waals surface area contributed by atoms with Crippen LogP contribution in [0.5, 0.6) is 0 Å². The van der Waals surface area contributed by atoms with E-state index in [2.05, 4.69) is 20.3 Å². The number of para-hydroxylation sites is 2. The summed E-state index contributed by atoms with van der Waals surface area (Å²) in [6.07, 6.45) is 3.44. The van der Waals surface area contributed by atoms with E-state index in [4.69, 9.17) is 0 Å². The Morgan fingerprint density at radius 2 is 1.79 bits per heavy atom. The molecule has 164 valence electrons. The zero-order chi connectivity index (χ0) is 22.9. The van der Waals surface area contributed by atoms with Crippen LogP contribution in [0.1, 0.15) is 30.2 Å². The van der Waals surface area contributed by atoms with Gasteiger partial charge >= 0.3 is 0 Å². The lowest BCUT2D eigenvalue weighted by Crippen LogP contribution is -2.14. The molecule has 1 amide bonds. The lowest BCUT2D eigenvalue weighted by Gasteiger charge is -2.13. The number of nitrogens with one attached hydrogen (secondary N) is 2. The van der Waals surface area contributed by atoms with E-state index in [0.717, 1.165) is 33.7 Å². The molecule has 2 N–H and O–H groups in total. The van der Waals surface area contributed by atoms with Gasteiger partial charge in [0, 0.05) is 22.9 Å². The summed E-state index contributed by atoms with van der Waals surface area (Å²) in [4.78, 5) is 24.9. The normalized spacial score (nSPS) is 11.3. The minimum Gasteiger partial charge on any atom is -0.338 e. The Kier molecular flexibility index (Phi) is 5.22. The van der Waals surface area contributed by atoms with Crippen LogP contribution in [-0.2, 0) is 0 Å². The number of carbonyl (C=O) groups is 1. The highest BCUT2D eigenvalue weighted by molar-refractivity contribution is 6.05. The van der Waals surface area contributed by atoms with Crippen LogP contribution in [0, 0.1) is 5.82 Å². The second kappa shape index (κ2) is 8.35. The molecule has 5 aromatic rings. The number of anilines is 1. The quantitative estimate of drug-likeness (QED) is 0.349. The van der Waals surface area contributed by atoms with Crippen LogP contribution >= 0.6 is 0 Å². The molecule has 3 aromatic carbocycles. The Bertz CT molecular complexity index is 1420. The van der Waals surface area contributed by atoms with Gasteiger partial charge < -0.3 is 14.9 Å². The number of hydrogen-bond donors (Lipinski definition) is 2. The number of fused-ring (bicyclic) bond motifs is 1. The largest absolute Gasteiger partial charge is 0.338 e. The zero-order valence-corrected chi connectivity index (χ0v) is 18.2. The minimum atomic E-state index is -0.578. The molecule has 0 unspecified atom stereocenters. The van der Waals surface area contributed by atoms with Gasteiger partial charge in [-0.25, -0.2) is 14.4 Å². The summed E-state index contributed by atoms with van der Waals surface area (Å²) in [6.45, 7) is 4.08. The Hall–Kier alpha value is -4.26. The van der Waals surface area contributed by atoms with Crippen molar-refractivity contribution in [1.82, 2.24) is 19.5 Å². The summed E-state index contributed by atoms with van der Waals surface area (Å²) in [7, 11) is 0. The zero-order valence-electron chi connectivity index (χ0n) is 18.2. The smallest absolute Gasteiger partial charge is 0.258 e. The summed E-state index contributed by atoms with van der Waals surface area (Å²) >= 11 is 0. The fourth-order valence-corrected chi connectivity index (χ4v) is 3.80. The first-order chi connectivity index (χ1) is 16.0. The number of rotatable bonds is 5. The monoisotopic (exact) mass is 439 g/mol. The Labute approximate surface area is 190 Å². The maximum atomic E-state index is 14.5. The number of aromatic amines is 1. The first-order valence-electron chi connectivity index (χ1n) is 10.7. The van der Waals surface area contributed by atoms with E-state index in [1.165, 1.54) is 6.07 Å². The van der Waals surface area contributed by atoms with E-state index in [9.17, 15) is 9.18 Å². The summed E-state index contributed by atoms with van der Waals surface area (Å²) in [5, 5.41) is 2.78. The number of benzene rings is 3. The van der Waals surface area contributed by atoms with Gasteiger partial charge in [-0.3, -0.25) is 4.79 Å². The van der Waals surface area contributed by atoms with Gasteiger partial charge in [-0.05, 0) is 68.4 Å². The topological polar surface area (TPSA) is 75.6 Å². The Balaban J connectivity index is 1.37. The van der Waals surface area contributed by atoms with Crippen LogP contribution in [-0.4, -0.2) is 25.4 Å². The van der Waals surface area contributed by atoms with Crippen LogP contribution < -0.4 is 5.32 Å². The third-order valence-electron chi connectivity index (χ3n) is 5.53. The van der Waals surface area contributed by atoms with Gasteiger partial charge in [-0.2, -0.15) is 0 Å². The molecular formula is C26H22FN5O. The van der Waals surface area contributed by atoms with Gasteiger partial charge in [-0.15, -0.1) is 0 Å². The maximum absolute atomic E-state index is 14.5. The Morgan fingerprint density at radius 3 is 2.55 bits per heavy atom. The van der Waals surface area contributed by atoms with Crippen LogP contribution in [0.2, 0.25) is 0 Å². The molecule has 7 heteroatoms. The summed E-state index contributed by atoms with van der Waals surface area (Å²) in [5.74, 6) is -0.346. The molecule has 0 fully saturated rings. The fourth-order valence-electron chi connectivity index (χ4n) is 3.80. The second-order valence-corrected chi connectivity index (χ2v) is 8.11. The Morgan fingerprint density at radius 1 is 1.03 bits per heavy atom. The first kappa shape index (κ1) is 20.6. The molecule has 33 heavy (non-hydrogen) atoms. The van der Waals surface area contributed by atoms with Crippen molar-refractivity contribution in [3.8, 4) is 22.6 Å². The number of amides is 1. The van der Waals surface area contributed by atoms with Crippen LogP contribution in [0.4, 0.5) is 10.1 Å². The third-order valence-corrected chi connectivity index (χ3v) is 5.53. The lowest BCUT2D eigenvalue weighted by molar-refractivity contribution is 0.102. The summed E-state index contributed by atoms with van der Waals surface area (Å²) < 4.78 is 16.5. The number of aromatic nitrogens is 4. The van der Waals surface area contributed by atoms with Gasteiger partial charge in [-0.1, -0.05) is 12.1 Å². The molecule has 0 aliphatic carbocycles. The number of H-pyrrole nitrogens is 1. The number of halogens is 1. The highest BCUT2D eigenvalue weighted by Crippen LogP contribution is 2.26. The van der Waals surface area contributed by atoms with Crippen molar-refractivity contribution in [3.05, 3.63) is 90.6 Å².